The second-order valence-electron chi connectivity index (χ2n) is 5.82. The lowest BCUT2D eigenvalue weighted by Crippen LogP contribution is -2.28. The van der Waals surface area contributed by atoms with Crippen molar-refractivity contribution in [2.45, 2.75) is 0 Å². The van der Waals surface area contributed by atoms with Gasteiger partial charge in [0.15, 0.2) is 0 Å². The molecule has 0 bridgehead atoms. The largest absolute Gasteiger partial charge is 0.497 e. The summed E-state index contributed by atoms with van der Waals surface area (Å²) in [6.45, 7) is 0.738. The normalized spacial score (nSPS) is 10.2. The van der Waals surface area contributed by atoms with Crippen LogP contribution < -0.4 is 20.1 Å². The quantitative estimate of drug-likeness (QED) is 0.554. The number of halogens is 1. The van der Waals surface area contributed by atoms with Crippen molar-refractivity contribution in [3.05, 3.63) is 77.4 Å². The number of amides is 1. The summed E-state index contributed by atoms with van der Waals surface area (Å²) >= 11 is 6.11. The fourth-order valence-corrected chi connectivity index (χ4v) is 2.59. The molecule has 0 saturated carbocycles. The number of carbonyl (C=O) groups is 1. The number of para-hydroxylation sites is 1. The molecule has 0 aliphatic heterocycles. The van der Waals surface area contributed by atoms with Crippen LogP contribution in [0.5, 0.6) is 11.5 Å². The summed E-state index contributed by atoms with van der Waals surface area (Å²) in [7, 11) is 1.61. The fourth-order valence-electron chi connectivity index (χ4n) is 2.41. The Hall–Kier alpha value is -3.25. The van der Waals surface area contributed by atoms with E-state index in [-0.39, 0.29) is 5.91 Å². The lowest BCUT2D eigenvalue weighted by atomic mass is 10.2. The smallest absolute Gasteiger partial charge is 0.252 e. The van der Waals surface area contributed by atoms with Gasteiger partial charge in [-0.05, 0) is 48.5 Å². The van der Waals surface area contributed by atoms with Crippen LogP contribution in [0.3, 0.4) is 0 Å². The molecule has 0 aliphatic carbocycles. The molecule has 0 saturated heterocycles. The van der Waals surface area contributed by atoms with Crippen molar-refractivity contribution in [1.82, 2.24) is 10.3 Å². The third-order valence-electron chi connectivity index (χ3n) is 3.88. The first-order chi connectivity index (χ1) is 13.7. The van der Waals surface area contributed by atoms with Gasteiger partial charge in [-0.1, -0.05) is 23.7 Å². The van der Waals surface area contributed by atoms with Crippen LogP contribution in [0.25, 0.3) is 0 Å². The van der Waals surface area contributed by atoms with Crippen molar-refractivity contribution < 1.29 is 14.3 Å². The number of anilines is 2. The Morgan fingerprint density at radius 1 is 1.04 bits per heavy atom. The minimum atomic E-state index is -0.213. The highest BCUT2D eigenvalue weighted by Gasteiger charge is 2.07. The molecule has 3 aromatic rings. The van der Waals surface area contributed by atoms with E-state index in [0.29, 0.717) is 35.3 Å². The van der Waals surface area contributed by atoms with E-state index >= 15 is 0 Å². The van der Waals surface area contributed by atoms with Crippen LogP contribution >= 0.6 is 11.6 Å². The number of carbonyl (C=O) groups excluding carboxylic acids is 1. The van der Waals surface area contributed by atoms with Gasteiger partial charge in [-0.3, -0.25) is 4.79 Å². The summed E-state index contributed by atoms with van der Waals surface area (Å²) in [4.78, 5) is 16.5. The van der Waals surface area contributed by atoms with E-state index in [9.17, 15) is 4.79 Å². The zero-order chi connectivity index (χ0) is 19.8. The molecule has 0 radical (unpaired) electrons. The third kappa shape index (κ3) is 5.37. The number of pyridine rings is 1. The van der Waals surface area contributed by atoms with Crippen molar-refractivity contribution in [2.75, 3.05) is 25.6 Å². The Morgan fingerprint density at radius 3 is 2.46 bits per heavy atom. The maximum absolute atomic E-state index is 12.2. The zero-order valence-electron chi connectivity index (χ0n) is 15.3. The molecule has 2 aromatic carbocycles. The number of aromatic nitrogens is 1. The van der Waals surface area contributed by atoms with Gasteiger partial charge in [-0.15, -0.1) is 0 Å². The number of nitrogens with zero attached hydrogens (tertiary/aromatic N) is 1. The van der Waals surface area contributed by atoms with Crippen LogP contribution in [0.4, 0.5) is 11.5 Å². The van der Waals surface area contributed by atoms with Crippen LogP contribution in [0, 0.1) is 0 Å². The Morgan fingerprint density at radius 2 is 1.79 bits per heavy atom. The standard InChI is InChI=1S/C21H20ClN3O3/c1-27-16-7-9-17(10-8-16)28-13-12-23-21(26)15-6-11-20(24-14-15)25-19-5-3-2-4-18(19)22/h2-11,14H,12-13H2,1H3,(H,23,26)(H,24,25). The fraction of sp³-hybridized carbons (Fsp3) is 0.143. The van der Waals surface area contributed by atoms with Crippen LogP contribution in [0.1, 0.15) is 10.4 Å². The van der Waals surface area contributed by atoms with E-state index in [0.717, 1.165) is 11.4 Å². The number of rotatable bonds is 8. The van der Waals surface area contributed by atoms with Gasteiger partial charge >= 0.3 is 0 Å². The number of benzene rings is 2. The topological polar surface area (TPSA) is 72.5 Å². The number of nitrogens with one attached hydrogen (secondary N) is 2. The van der Waals surface area contributed by atoms with Gasteiger partial charge in [-0.25, -0.2) is 4.98 Å². The Balaban J connectivity index is 1.45. The van der Waals surface area contributed by atoms with E-state index in [1.165, 1.54) is 6.20 Å². The number of hydrogen-bond donors (Lipinski definition) is 2. The maximum atomic E-state index is 12.2. The van der Waals surface area contributed by atoms with E-state index in [2.05, 4.69) is 15.6 Å². The molecule has 6 nitrogen and oxygen atoms in total. The summed E-state index contributed by atoms with van der Waals surface area (Å²) in [5.74, 6) is 1.87. The van der Waals surface area contributed by atoms with Crippen molar-refractivity contribution >= 4 is 29.0 Å². The summed E-state index contributed by atoms with van der Waals surface area (Å²) in [6.07, 6.45) is 1.51. The molecule has 3 rings (SSSR count). The number of methoxy groups -OCH3 is 1. The molecule has 0 spiro atoms. The van der Waals surface area contributed by atoms with Crippen molar-refractivity contribution in [2.24, 2.45) is 0 Å². The van der Waals surface area contributed by atoms with Gasteiger partial charge < -0.3 is 20.1 Å². The van der Waals surface area contributed by atoms with Gasteiger partial charge in [0.1, 0.15) is 23.9 Å². The van der Waals surface area contributed by atoms with Crippen LogP contribution in [0.2, 0.25) is 5.02 Å². The van der Waals surface area contributed by atoms with Gasteiger partial charge in [0.05, 0.1) is 29.9 Å². The van der Waals surface area contributed by atoms with Gasteiger partial charge in [0, 0.05) is 6.20 Å². The Bertz CT molecular complexity index is 915. The molecule has 1 amide bonds. The minimum Gasteiger partial charge on any atom is -0.497 e. The first-order valence-corrected chi connectivity index (χ1v) is 9.06. The molecule has 7 heteroatoms. The molecule has 0 unspecified atom stereocenters. The maximum Gasteiger partial charge on any atom is 0.252 e. The van der Waals surface area contributed by atoms with Gasteiger partial charge in [-0.2, -0.15) is 0 Å². The number of ether oxygens (including phenoxy) is 2. The molecule has 0 fully saturated rings. The van der Waals surface area contributed by atoms with E-state index in [1.807, 2.05) is 42.5 Å². The summed E-state index contributed by atoms with van der Waals surface area (Å²) in [6, 6.07) is 18.1. The second kappa shape index (κ2) is 9.62. The average molecular weight is 398 g/mol. The van der Waals surface area contributed by atoms with E-state index < -0.39 is 0 Å². The number of hydrogen-bond acceptors (Lipinski definition) is 5. The first-order valence-electron chi connectivity index (χ1n) is 8.68. The molecule has 1 aromatic heterocycles. The monoisotopic (exact) mass is 397 g/mol. The van der Waals surface area contributed by atoms with E-state index in [4.69, 9.17) is 21.1 Å². The first kappa shape index (κ1) is 19.5. The summed E-state index contributed by atoms with van der Waals surface area (Å²) in [5, 5.41) is 6.51. The molecule has 0 aliphatic rings. The predicted molar refractivity (Wildman–Crippen MR) is 110 cm³/mol. The van der Waals surface area contributed by atoms with Crippen LogP contribution in [-0.4, -0.2) is 31.2 Å². The Kier molecular flexibility index (Phi) is 6.70. The van der Waals surface area contributed by atoms with Crippen molar-refractivity contribution in [3.8, 4) is 11.5 Å². The van der Waals surface area contributed by atoms with Gasteiger partial charge in [0.25, 0.3) is 5.91 Å². The molecule has 1 heterocycles. The molecule has 144 valence electrons. The third-order valence-corrected chi connectivity index (χ3v) is 4.21. The van der Waals surface area contributed by atoms with Crippen molar-refractivity contribution in [3.63, 3.8) is 0 Å². The molecule has 28 heavy (non-hydrogen) atoms. The minimum absolute atomic E-state index is 0.213. The molecule has 0 atom stereocenters. The average Bonchev–Trinajstić information content (AvgIpc) is 2.73. The Labute approximate surface area is 168 Å². The highest BCUT2D eigenvalue weighted by atomic mass is 35.5. The lowest BCUT2D eigenvalue weighted by molar-refractivity contribution is 0.0946. The van der Waals surface area contributed by atoms with E-state index in [1.54, 1.807) is 25.3 Å². The van der Waals surface area contributed by atoms with Crippen LogP contribution in [-0.2, 0) is 0 Å². The highest BCUT2D eigenvalue weighted by Crippen LogP contribution is 2.23. The molecular weight excluding hydrogens is 378 g/mol. The SMILES string of the molecule is COc1ccc(OCCNC(=O)c2ccc(Nc3ccccc3Cl)nc2)cc1. The second-order valence-corrected chi connectivity index (χ2v) is 6.22. The highest BCUT2D eigenvalue weighted by molar-refractivity contribution is 6.33. The van der Waals surface area contributed by atoms with Crippen LogP contribution in [0.15, 0.2) is 66.9 Å². The van der Waals surface area contributed by atoms with Crippen molar-refractivity contribution in [1.29, 1.82) is 0 Å². The summed E-state index contributed by atoms with van der Waals surface area (Å²) < 4.78 is 10.7. The predicted octanol–water partition coefficient (Wildman–Crippen LogP) is 4.30. The zero-order valence-corrected chi connectivity index (χ0v) is 16.1. The summed E-state index contributed by atoms with van der Waals surface area (Å²) in [5.41, 5.74) is 1.22. The molecular formula is C21H20ClN3O3. The lowest BCUT2D eigenvalue weighted by Gasteiger charge is -2.09. The molecule has 2 N–H and O–H groups in total. The van der Waals surface area contributed by atoms with Gasteiger partial charge in [0.2, 0.25) is 0 Å².